The van der Waals surface area contributed by atoms with Gasteiger partial charge >= 0.3 is 6.18 Å². The second-order valence-electron chi connectivity index (χ2n) is 7.33. The Hall–Kier alpha value is -4.08. The maximum atomic E-state index is 15.4. The average Bonchev–Trinajstić information content (AvgIpc) is 3.17. The molecule has 1 aromatic carbocycles. The summed E-state index contributed by atoms with van der Waals surface area (Å²) in [5.41, 5.74) is 0.632. The minimum Gasteiger partial charge on any atom is -0.368 e. The van der Waals surface area contributed by atoms with Crippen molar-refractivity contribution >= 4 is 32.7 Å². The molecule has 0 aliphatic rings. The van der Waals surface area contributed by atoms with E-state index in [1.807, 2.05) is 0 Å². The van der Waals surface area contributed by atoms with Crippen molar-refractivity contribution in [1.82, 2.24) is 24.3 Å². The molecule has 184 valence electrons. The SMILES string of the molecule is Cn1cc(S(=O)(=O)Nc2ccc(F)c(-c3cc4cnc(N)nc4n(C)c3=O)c2F)c(C(F)(F)F)n1. The Kier molecular flexibility index (Phi) is 5.50. The van der Waals surface area contributed by atoms with E-state index >= 15 is 4.39 Å². The topological polar surface area (TPSA) is 138 Å². The first-order valence-corrected chi connectivity index (χ1v) is 10.9. The quantitative estimate of drug-likeness (QED) is 0.398. The van der Waals surface area contributed by atoms with Crippen molar-refractivity contribution in [2.75, 3.05) is 10.5 Å². The molecule has 35 heavy (non-hydrogen) atoms. The highest BCUT2D eigenvalue weighted by molar-refractivity contribution is 7.92. The van der Waals surface area contributed by atoms with Gasteiger partial charge in [0, 0.05) is 31.9 Å². The molecule has 0 fully saturated rings. The van der Waals surface area contributed by atoms with Gasteiger partial charge in [0.15, 0.2) is 11.5 Å². The second kappa shape index (κ2) is 8.00. The summed E-state index contributed by atoms with van der Waals surface area (Å²) in [5.74, 6) is -2.91. The molecule has 0 radical (unpaired) electrons. The van der Waals surface area contributed by atoms with E-state index in [-0.39, 0.29) is 17.0 Å². The molecule has 0 aliphatic heterocycles. The zero-order valence-electron chi connectivity index (χ0n) is 17.7. The highest BCUT2D eigenvalue weighted by Gasteiger charge is 2.41. The lowest BCUT2D eigenvalue weighted by Crippen LogP contribution is -2.22. The Morgan fingerprint density at radius 1 is 1.14 bits per heavy atom. The van der Waals surface area contributed by atoms with Gasteiger partial charge in [-0.25, -0.2) is 22.2 Å². The van der Waals surface area contributed by atoms with Crippen LogP contribution in [0.3, 0.4) is 0 Å². The van der Waals surface area contributed by atoms with E-state index in [0.717, 1.165) is 17.7 Å². The number of hydrogen-bond donors (Lipinski definition) is 2. The lowest BCUT2D eigenvalue weighted by molar-refractivity contribution is -0.143. The van der Waals surface area contributed by atoms with Crippen LogP contribution in [0.15, 0.2) is 40.3 Å². The Bertz CT molecular complexity index is 1660. The van der Waals surface area contributed by atoms with Gasteiger partial charge in [-0.15, -0.1) is 0 Å². The fourth-order valence-electron chi connectivity index (χ4n) is 3.38. The molecule has 16 heteroatoms. The number of hydrogen-bond acceptors (Lipinski definition) is 7. The van der Waals surface area contributed by atoms with Crippen molar-refractivity contribution in [2.24, 2.45) is 14.1 Å². The van der Waals surface area contributed by atoms with Gasteiger partial charge in [0.2, 0.25) is 5.95 Å². The van der Waals surface area contributed by atoms with Gasteiger partial charge < -0.3 is 5.73 Å². The number of rotatable bonds is 4. The number of aromatic nitrogens is 5. The highest BCUT2D eigenvalue weighted by Crippen LogP contribution is 2.35. The number of anilines is 2. The summed E-state index contributed by atoms with van der Waals surface area (Å²) in [6, 6.07) is 2.41. The van der Waals surface area contributed by atoms with Crippen molar-refractivity contribution in [3.05, 3.63) is 58.3 Å². The van der Waals surface area contributed by atoms with Crippen LogP contribution in [0.4, 0.5) is 33.6 Å². The van der Waals surface area contributed by atoms with Crippen LogP contribution in [0.25, 0.3) is 22.2 Å². The summed E-state index contributed by atoms with van der Waals surface area (Å²) in [5, 5.41) is 3.29. The zero-order chi connectivity index (χ0) is 25.9. The predicted molar refractivity (Wildman–Crippen MR) is 114 cm³/mol. The van der Waals surface area contributed by atoms with E-state index in [1.54, 1.807) is 4.72 Å². The van der Waals surface area contributed by atoms with Crippen LogP contribution in [-0.4, -0.2) is 32.7 Å². The number of fused-ring (bicyclic) bond motifs is 1. The monoisotopic (exact) mass is 515 g/mol. The maximum absolute atomic E-state index is 15.4. The van der Waals surface area contributed by atoms with Gasteiger partial charge in [-0.05, 0) is 18.2 Å². The van der Waals surface area contributed by atoms with Gasteiger partial charge in [0.1, 0.15) is 16.4 Å². The van der Waals surface area contributed by atoms with Crippen molar-refractivity contribution in [3.8, 4) is 11.1 Å². The van der Waals surface area contributed by atoms with Gasteiger partial charge in [-0.1, -0.05) is 0 Å². The van der Waals surface area contributed by atoms with E-state index in [4.69, 9.17) is 5.73 Å². The van der Waals surface area contributed by atoms with Crippen molar-refractivity contribution in [2.45, 2.75) is 11.1 Å². The molecule has 4 rings (SSSR count). The van der Waals surface area contributed by atoms with Gasteiger partial charge in [0.25, 0.3) is 15.6 Å². The van der Waals surface area contributed by atoms with Gasteiger partial charge in [-0.2, -0.15) is 23.3 Å². The van der Waals surface area contributed by atoms with E-state index in [2.05, 4.69) is 15.1 Å². The Balaban J connectivity index is 1.87. The normalized spacial score (nSPS) is 12.3. The highest BCUT2D eigenvalue weighted by atomic mass is 32.2. The Morgan fingerprint density at radius 2 is 1.83 bits per heavy atom. The average molecular weight is 515 g/mol. The van der Waals surface area contributed by atoms with Crippen LogP contribution in [0.5, 0.6) is 0 Å². The largest absolute Gasteiger partial charge is 0.436 e. The lowest BCUT2D eigenvalue weighted by atomic mass is 10.0. The number of nitrogens with one attached hydrogen (secondary N) is 1. The Morgan fingerprint density at radius 3 is 2.49 bits per heavy atom. The lowest BCUT2D eigenvalue weighted by Gasteiger charge is -2.14. The van der Waals surface area contributed by atoms with Crippen molar-refractivity contribution < 1.29 is 30.4 Å². The maximum Gasteiger partial charge on any atom is 0.436 e. The fourth-order valence-corrected chi connectivity index (χ4v) is 4.64. The van der Waals surface area contributed by atoms with E-state index < -0.39 is 60.8 Å². The molecule has 3 aromatic heterocycles. The number of aryl methyl sites for hydroxylation is 2. The van der Waals surface area contributed by atoms with E-state index in [1.165, 1.54) is 13.2 Å². The predicted octanol–water partition coefficient (Wildman–Crippen LogP) is 2.41. The van der Waals surface area contributed by atoms with Crippen LogP contribution in [0, 0.1) is 11.6 Å². The van der Waals surface area contributed by atoms with Crippen LogP contribution in [0.1, 0.15) is 5.69 Å². The summed E-state index contributed by atoms with van der Waals surface area (Å²) < 4.78 is 98.4. The van der Waals surface area contributed by atoms with Gasteiger partial charge in [0.05, 0.1) is 16.8 Å². The summed E-state index contributed by atoms with van der Waals surface area (Å²) in [6.07, 6.45) is -3.33. The first-order chi connectivity index (χ1) is 16.2. The molecule has 0 unspecified atom stereocenters. The molecular formula is C19H14F5N7O3S. The zero-order valence-corrected chi connectivity index (χ0v) is 18.5. The summed E-state index contributed by atoms with van der Waals surface area (Å²) in [4.78, 5) is 19.2. The molecule has 0 atom stereocenters. The van der Waals surface area contributed by atoms with Crippen LogP contribution >= 0.6 is 0 Å². The van der Waals surface area contributed by atoms with Crippen molar-refractivity contribution in [3.63, 3.8) is 0 Å². The number of halogens is 5. The molecule has 0 saturated heterocycles. The Labute approximate surface area is 192 Å². The minimum absolute atomic E-state index is 0.0696. The third kappa shape index (κ3) is 4.16. The molecular weight excluding hydrogens is 501 g/mol. The van der Waals surface area contributed by atoms with E-state index in [0.29, 0.717) is 23.0 Å². The molecule has 0 saturated carbocycles. The molecule has 0 spiro atoms. The first kappa shape index (κ1) is 24.1. The fraction of sp³-hybridized carbons (Fsp3) is 0.158. The van der Waals surface area contributed by atoms with E-state index in [9.17, 15) is 30.8 Å². The molecule has 4 aromatic rings. The summed E-state index contributed by atoms with van der Waals surface area (Å²) in [7, 11) is -2.70. The molecule has 3 N–H and O–H groups in total. The molecule has 0 bridgehead atoms. The number of nitrogens with zero attached hydrogens (tertiary/aromatic N) is 5. The third-order valence-corrected chi connectivity index (χ3v) is 6.29. The van der Waals surface area contributed by atoms with Crippen molar-refractivity contribution in [1.29, 1.82) is 0 Å². The third-order valence-electron chi connectivity index (χ3n) is 4.93. The summed E-state index contributed by atoms with van der Waals surface area (Å²) >= 11 is 0. The van der Waals surface area contributed by atoms with Gasteiger partial charge in [-0.3, -0.25) is 18.8 Å². The van der Waals surface area contributed by atoms with Crippen LogP contribution < -0.4 is 16.0 Å². The second-order valence-corrected chi connectivity index (χ2v) is 8.98. The van der Waals surface area contributed by atoms with Crippen LogP contribution in [0.2, 0.25) is 0 Å². The number of nitrogens with two attached hydrogens (primary N) is 1. The standard InChI is InChI=1S/C19H14F5N7O3S/c1-30-7-12(15(28-30)19(22,23)24)35(33,34)29-11-4-3-10(20)13(14(11)21)9-5-8-6-26-18(25)27-16(8)31(2)17(9)32/h3-7,29H,1-2H3,(H2,25,26,27). The van der Waals surface area contributed by atoms with Crippen LogP contribution in [-0.2, 0) is 30.3 Å². The molecule has 10 nitrogen and oxygen atoms in total. The number of benzene rings is 1. The first-order valence-electron chi connectivity index (χ1n) is 9.45. The molecule has 3 heterocycles. The number of nitrogen functional groups attached to an aromatic ring is 1. The number of sulfonamides is 1. The minimum atomic E-state index is -5.12. The number of pyridine rings is 1. The number of alkyl halides is 3. The summed E-state index contributed by atoms with van der Waals surface area (Å²) in [6.45, 7) is 0. The molecule has 0 amide bonds. The molecule has 0 aliphatic carbocycles. The smallest absolute Gasteiger partial charge is 0.368 e.